The lowest BCUT2D eigenvalue weighted by molar-refractivity contribution is 0.153. The van der Waals surface area contributed by atoms with Crippen LogP contribution in [0.25, 0.3) is 0 Å². The van der Waals surface area contributed by atoms with Crippen molar-refractivity contribution < 1.29 is 14.2 Å². The molecule has 1 N–H and O–H groups in total. The van der Waals surface area contributed by atoms with Crippen LogP contribution in [0.5, 0.6) is 17.2 Å². The number of hydrogen-bond acceptors (Lipinski definition) is 6. The highest BCUT2D eigenvalue weighted by atomic mass is 16.5. The number of nitrogens with one attached hydrogen (secondary N) is 1. The van der Waals surface area contributed by atoms with Crippen molar-refractivity contribution >= 4 is 0 Å². The second kappa shape index (κ2) is 8.87. The number of ether oxygens (including phenoxy) is 3. The lowest BCUT2D eigenvalue weighted by Crippen LogP contribution is -2.45. The van der Waals surface area contributed by atoms with E-state index in [1.54, 1.807) is 14.2 Å². The zero-order valence-corrected chi connectivity index (χ0v) is 15.7. The van der Waals surface area contributed by atoms with E-state index in [4.69, 9.17) is 14.2 Å². The molecule has 3 rings (SSSR count). The van der Waals surface area contributed by atoms with Crippen molar-refractivity contribution in [1.82, 2.24) is 15.2 Å². The lowest BCUT2D eigenvalue weighted by Gasteiger charge is -2.36. The van der Waals surface area contributed by atoms with Crippen LogP contribution in [-0.4, -0.2) is 50.3 Å². The molecule has 1 unspecified atom stereocenters. The SMILES string of the molecule is CCOc1c(OC)cc(CN2CCNCC2c2cccnc2)cc1OC. The van der Waals surface area contributed by atoms with Crippen LogP contribution >= 0.6 is 0 Å². The maximum Gasteiger partial charge on any atom is 0.203 e. The minimum absolute atomic E-state index is 0.293. The number of nitrogens with zero attached hydrogens (tertiary/aromatic N) is 2. The third kappa shape index (κ3) is 4.08. The van der Waals surface area contributed by atoms with Gasteiger partial charge in [0.2, 0.25) is 5.75 Å². The smallest absolute Gasteiger partial charge is 0.203 e. The van der Waals surface area contributed by atoms with E-state index in [1.807, 2.05) is 37.5 Å². The van der Waals surface area contributed by atoms with E-state index < -0.39 is 0 Å². The minimum atomic E-state index is 0.293. The zero-order chi connectivity index (χ0) is 18.4. The van der Waals surface area contributed by atoms with Crippen LogP contribution < -0.4 is 19.5 Å². The highest BCUT2D eigenvalue weighted by molar-refractivity contribution is 5.54. The molecule has 140 valence electrons. The Morgan fingerprint density at radius 1 is 1.23 bits per heavy atom. The molecular formula is C20H27N3O3. The van der Waals surface area contributed by atoms with Crippen LogP contribution in [0.3, 0.4) is 0 Å². The zero-order valence-electron chi connectivity index (χ0n) is 15.7. The second-order valence-electron chi connectivity index (χ2n) is 6.24. The van der Waals surface area contributed by atoms with Gasteiger partial charge >= 0.3 is 0 Å². The molecule has 0 aliphatic carbocycles. The highest BCUT2D eigenvalue weighted by Gasteiger charge is 2.25. The lowest BCUT2D eigenvalue weighted by atomic mass is 10.0. The summed E-state index contributed by atoms with van der Waals surface area (Å²) >= 11 is 0. The molecular weight excluding hydrogens is 330 g/mol. The van der Waals surface area contributed by atoms with Crippen molar-refractivity contribution in [2.75, 3.05) is 40.5 Å². The predicted molar refractivity (Wildman–Crippen MR) is 101 cm³/mol. The second-order valence-corrected chi connectivity index (χ2v) is 6.24. The number of benzene rings is 1. The number of piperazine rings is 1. The van der Waals surface area contributed by atoms with Gasteiger partial charge in [0.15, 0.2) is 11.5 Å². The molecule has 1 saturated heterocycles. The summed E-state index contributed by atoms with van der Waals surface area (Å²) in [5, 5.41) is 3.48. The monoisotopic (exact) mass is 357 g/mol. The van der Waals surface area contributed by atoms with Gasteiger partial charge in [-0.3, -0.25) is 9.88 Å². The van der Waals surface area contributed by atoms with Crippen LogP contribution in [0, 0.1) is 0 Å². The van der Waals surface area contributed by atoms with Gasteiger partial charge in [-0.05, 0) is 36.2 Å². The van der Waals surface area contributed by atoms with E-state index in [2.05, 4.69) is 21.3 Å². The third-order valence-electron chi connectivity index (χ3n) is 4.62. The first kappa shape index (κ1) is 18.5. The summed E-state index contributed by atoms with van der Waals surface area (Å²) in [6, 6.07) is 8.49. The van der Waals surface area contributed by atoms with Crippen LogP contribution in [0.15, 0.2) is 36.7 Å². The molecule has 2 heterocycles. The Labute approximate surface area is 155 Å². The van der Waals surface area contributed by atoms with E-state index in [1.165, 1.54) is 5.56 Å². The first-order chi connectivity index (χ1) is 12.8. The van der Waals surface area contributed by atoms with E-state index >= 15 is 0 Å². The minimum Gasteiger partial charge on any atom is -0.493 e. The van der Waals surface area contributed by atoms with E-state index in [0.29, 0.717) is 29.9 Å². The molecule has 1 fully saturated rings. The number of pyridine rings is 1. The number of rotatable bonds is 7. The molecule has 6 heteroatoms. The maximum absolute atomic E-state index is 5.70. The molecule has 1 aromatic carbocycles. The van der Waals surface area contributed by atoms with Crippen molar-refractivity contribution in [2.24, 2.45) is 0 Å². The quantitative estimate of drug-likeness (QED) is 0.822. The Morgan fingerprint density at radius 3 is 2.62 bits per heavy atom. The van der Waals surface area contributed by atoms with E-state index in [-0.39, 0.29) is 0 Å². The van der Waals surface area contributed by atoms with Crippen LogP contribution in [-0.2, 0) is 6.54 Å². The molecule has 0 radical (unpaired) electrons. The van der Waals surface area contributed by atoms with Gasteiger partial charge in [0, 0.05) is 44.6 Å². The van der Waals surface area contributed by atoms with E-state index in [9.17, 15) is 0 Å². The molecule has 0 amide bonds. The summed E-state index contributed by atoms with van der Waals surface area (Å²) < 4.78 is 16.8. The van der Waals surface area contributed by atoms with Crippen molar-refractivity contribution in [1.29, 1.82) is 0 Å². The fraction of sp³-hybridized carbons (Fsp3) is 0.450. The van der Waals surface area contributed by atoms with Crippen LogP contribution in [0.4, 0.5) is 0 Å². The first-order valence-corrected chi connectivity index (χ1v) is 8.99. The first-order valence-electron chi connectivity index (χ1n) is 8.99. The summed E-state index contributed by atoms with van der Waals surface area (Å²) in [6.07, 6.45) is 3.76. The standard InChI is InChI=1S/C20H27N3O3/c1-4-26-20-18(24-2)10-15(11-19(20)25-3)14-23-9-8-22-13-17(23)16-6-5-7-21-12-16/h5-7,10-12,17,22H,4,8-9,13-14H2,1-3H3. The topological polar surface area (TPSA) is 55.9 Å². The molecule has 0 spiro atoms. The van der Waals surface area contributed by atoms with Gasteiger partial charge in [0.05, 0.1) is 20.8 Å². The van der Waals surface area contributed by atoms with Crippen molar-refractivity contribution in [2.45, 2.75) is 19.5 Å². The summed E-state index contributed by atoms with van der Waals surface area (Å²) in [4.78, 5) is 6.74. The maximum atomic E-state index is 5.70. The Morgan fingerprint density at radius 2 is 2.00 bits per heavy atom. The molecule has 0 saturated carbocycles. The van der Waals surface area contributed by atoms with Crippen molar-refractivity contribution in [3.8, 4) is 17.2 Å². The summed E-state index contributed by atoms with van der Waals surface area (Å²) in [7, 11) is 3.31. The molecule has 1 aliphatic heterocycles. The Kier molecular flexibility index (Phi) is 6.30. The van der Waals surface area contributed by atoms with Crippen molar-refractivity contribution in [3.05, 3.63) is 47.8 Å². The Balaban J connectivity index is 1.86. The summed E-state index contributed by atoms with van der Waals surface area (Å²) in [6.45, 7) is 6.18. The van der Waals surface area contributed by atoms with Gasteiger partial charge in [-0.1, -0.05) is 6.07 Å². The summed E-state index contributed by atoms with van der Waals surface area (Å²) in [5.41, 5.74) is 2.36. The van der Waals surface area contributed by atoms with Crippen LogP contribution in [0.1, 0.15) is 24.1 Å². The normalized spacial score (nSPS) is 17.7. The van der Waals surface area contributed by atoms with Gasteiger partial charge in [-0.2, -0.15) is 0 Å². The van der Waals surface area contributed by atoms with Gasteiger partial charge in [-0.15, -0.1) is 0 Å². The van der Waals surface area contributed by atoms with Crippen LogP contribution in [0.2, 0.25) is 0 Å². The fourth-order valence-corrected chi connectivity index (χ4v) is 3.38. The average molecular weight is 357 g/mol. The molecule has 2 aromatic rings. The summed E-state index contributed by atoms with van der Waals surface area (Å²) in [5.74, 6) is 2.06. The Hall–Kier alpha value is -2.31. The molecule has 6 nitrogen and oxygen atoms in total. The highest BCUT2D eigenvalue weighted by Crippen LogP contribution is 2.39. The Bertz CT molecular complexity index is 684. The van der Waals surface area contributed by atoms with Gasteiger partial charge < -0.3 is 19.5 Å². The third-order valence-corrected chi connectivity index (χ3v) is 4.62. The number of hydrogen-bond donors (Lipinski definition) is 1. The van der Waals surface area contributed by atoms with Gasteiger partial charge in [-0.25, -0.2) is 0 Å². The molecule has 26 heavy (non-hydrogen) atoms. The number of methoxy groups -OCH3 is 2. The van der Waals surface area contributed by atoms with Crippen molar-refractivity contribution in [3.63, 3.8) is 0 Å². The molecule has 0 bridgehead atoms. The predicted octanol–water partition coefficient (Wildman–Crippen LogP) is 2.64. The molecule has 1 aliphatic rings. The molecule has 1 aromatic heterocycles. The largest absolute Gasteiger partial charge is 0.493 e. The van der Waals surface area contributed by atoms with E-state index in [0.717, 1.165) is 31.7 Å². The average Bonchev–Trinajstić information content (AvgIpc) is 2.70. The number of aromatic nitrogens is 1. The molecule has 1 atom stereocenters. The van der Waals surface area contributed by atoms with Gasteiger partial charge in [0.1, 0.15) is 0 Å². The van der Waals surface area contributed by atoms with Gasteiger partial charge in [0.25, 0.3) is 0 Å². The fourth-order valence-electron chi connectivity index (χ4n) is 3.38.